The van der Waals surface area contributed by atoms with Crippen LogP contribution in [0.25, 0.3) is 0 Å². The van der Waals surface area contributed by atoms with Crippen molar-refractivity contribution >= 4 is 16.5 Å². The van der Waals surface area contributed by atoms with Crippen LogP contribution >= 0.6 is 11.5 Å². The van der Waals surface area contributed by atoms with E-state index in [1.54, 1.807) is 0 Å². The Hall–Kier alpha value is -1.08. The molecule has 86 valence electrons. The van der Waals surface area contributed by atoms with Gasteiger partial charge in [0.05, 0.1) is 5.69 Å². The number of hydrogen-bond donors (Lipinski definition) is 1. The molecule has 1 aromatic heterocycles. The van der Waals surface area contributed by atoms with E-state index in [9.17, 15) is 0 Å². The summed E-state index contributed by atoms with van der Waals surface area (Å²) >= 11 is 1.40. The maximum absolute atomic E-state index is 9.00. The zero-order valence-corrected chi connectivity index (χ0v) is 10.6. The molecule has 1 fully saturated rings. The molecule has 0 radical (unpaired) electrons. The quantitative estimate of drug-likeness (QED) is 0.875. The number of anilines is 1. The average molecular weight is 235 g/mol. The number of hydrogen-bond acceptors (Lipinski definition) is 4. The van der Waals surface area contributed by atoms with Crippen LogP contribution in [0.1, 0.15) is 37.4 Å². The lowest BCUT2D eigenvalue weighted by Gasteiger charge is -2.10. The van der Waals surface area contributed by atoms with Crippen LogP contribution < -0.4 is 5.32 Å². The number of aryl methyl sites for hydroxylation is 1. The average Bonchev–Trinajstić information content (AvgIpc) is 2.82. The van der Waals surface area contributed by atoms with Crippen molar-refractivity contribution in [3.63, 3.8) is 0 Å². The van der Waals surface area contributed by atoms with Crippen molar-refractivity contribution in [2.45, 2.75) is 33.1 Å². The van der Waals surface area contributed by atoms with Gasteiger partial charge in [-0.1, -0.05) is 13.3 Å². The standard InChI is InChI=1S/C12H17N3S/c1-8-3-4-10(5-8)7-14-12-11(6-13)9(2)15-16-12/h8,10,14H,3-5,7H2,1-2H3. The predicted molar refractivity (Wildman–Crippen MR) is 66.6 cm³/mol. The molecule has 2 unspecified atom stereocenters. The van der Waals surface area contributed by atoms with Crippen molar-refractivity contribution in [3.8, 4) is 6.07 Å². The number of nitriles is 1. The van der Waals surface area contributed by atoms with Gasteiger partial charge in [0.25, 0.3) is 0 Å². The highest BCUT2D eigenvalue weighted by Crippen LogP contribution is 2.31. The fourth-order valence-corrected chi connectivity index (χ4v) is 3.12. The molecule has 1 saturated carbocycles. The van der Waals surface area contributed by atoms with E-state index >= 15 is 0 Å². The van der Waals surface area contributed by atoms with Crippen molar-refractivity contribution in [2.75, 3.05) is 11.9 Å². The molecule has 1 heterocycles. The highest BCUT2D eigenvalue weighted by atomic mass is 32.1. The van der Waals surface area contributed by atoms with E-state index in [1.807, 2.05) is 6.92 Å². The molecule has 2 atom stereocenters. The smallest absolute Gasteiger partial charge is 0.127 e. The molecule has 1 aliphatic carbocycles. The van der Waals surface area contributed by atoms with Crippen LogP contribution in [0, 0.1) is 30.1 Å². The first kappa shape index (κ1) is 11.4. The Morgan fingerprint density at radius 1 is 1.56 bits per heavy atom. The summed E-state index contributed by atoms with van der Waals surface area (Å²) in [6, 6.07) is 2.21. The lowest BCUT2D eigenvalue weighted by Crippen LogP contribution is -2.11. The Balaban J connectivity index is 1.92. The Morgan fingerprint density at radius 2 is 2.38 bits per heavy atom. The van der Waals surface area contributed by atoms with Crippen molar-refractivity contribution in [2.24, 2.45) is 11.8 Å². The van der Waals surface area contributed by atoms with Crippen LogP contribution in [0.3, 0.4) is 0 Å². The molecule has 3 nitrogen and oxygen atoms in total. The predicted octanol–water partition coefficient (Wildman–Crippen LogP) is 3.17. The molecule has 0 saturated heterocycles. The molecule has 0 aliphatic heterocycles. The summed E-state index contributed by atoms with van der Waals surface area (Å²) in [6.45, 7) is 5.19. The molecule has 4 heteroatoms. The van der Waals surface area contributed by atoms with E-state index in [-0.39, 0.29) is 0 Å². The monoisotopic (exact) mass is 235 g/mol. The Labute approximate surface area is 101 Å². The highest BCUT2D eigenvalue weighted by Gasteiger charge is 2.21. The fourth-order valence-electron chi connectivity index (χ4n) is 2.37. The van der Waals surface area contributed by atoms with Crippen LogP contribution in [0.5, 0.6) is 0 Å². The van der Waals surface area contributed by atoms with Gasteiger partial charge in [0, 0.05) is 6.54 Å². The van der Waals surface area contributed by atoms with E-state index < -0.39 is 0 Å². The molecule has 16 heavy (non-hydrogen) atoms. The molecule has 0 spiro atoms. The topological polar surface area (TPSA) is 48.7 Å². The summed E-state index contributed by atoms with van der Waals surface area (Å²) in [5.74, 6) is 1.63. The second kappa shape index (κ2) is 4.84. The first-order valence-electron chi connectivity index (χ1n) is 5.81. The summed E-state index contributed by atoms with van der Waals surface area (Å²) in [4.78, 5) is 0. The molecule has 1 aliphatic rings. The van der Waals surface area contributed by atoms with Gasteiger partial charge < -0.3 is 5.32 Å². The second-order valence-electron chi connectivity index (χ2n) is 4.75. The van der Waals surface area contributed by atoms with Gasteiger partial charge in [0.1, 0.15) is 16.6 Å². The summed E-state index contributed by atoms with van der Waals surface area (Å²) in [5, 5.41) is 13.3. The van der Waals surface area contributed by atoms with Crippen molar-refractivity contribution in [1.82, 2.24) is 4.37 Å². The normalized spacial score (nSPS) is 24.3. The van der Waals surface area contributed by atoms with Crippen LogP contribution in [0.15, 0.2) is 0 Å². The molecular weight excluding hydrogens is 218 g/mol. The Morgan fingerprint density at radius 3 is 3.00 bits per heavy atom. The first-order valence-corrected chi connectivity index (χ1v) is 6.58. The van der Waals surface area contributed by atoms with Crippen LogP contribution in [0.4, 0.5) is 5.00 Å². The maximum atomic E-state index is 9.00. The second-order valence-corrected chi connectivity index (χ2v) is 5.52. The largest absolute Gasteiger partial charge is 0.374 e. The minimum Gasteiger partial charge on any atom is -0.374 e. The van der Waals surface area contributed by atoms with Crippen LogP contribution in [-0.2, 0) is 0 Å². The van der Waals surface area contributed by atoms with E-state index in [1.165, 1.54) is 30.8 Å². The Bertz CT molecular complexity index is 405. The molecular formula is C12H17N3S. The van der Waals surface area contributed by atoms with Gasteiger partial charge in [0.2, 0.25) is 0 Å². The summed E-state index contributed by atoms with van der Waals surface area (Å²) < 4.78 is 4.20. The van der Waals surface area contributed by atoms with Crippen molar-refractivity contribution in [1.29, 1.82) is 5.26 Å². The number of rotatable bonds is 3. The van der Waals surface area contributed by atoms with Gasteiger partial charge in [-0.3, -0.25) is 0 Å². The summed E-state index contributed by atoms with van der Waals surface area (Å²) in [5.41, 5.74) is 1.56. The fraction of sp³-hybridized carbons (Fsp3) is 0.667. The summed E-state index contributed by atoms with van der Waals surface area (Å²) in [7, 11) is 0. The van der Waals surface area contributed by atoms with E-state index in [0.29, 0.717) is 0 Å². The van der Waals surface area contributed by atoms with Crippen LogP contribution in [0.2, 0.25) is 0 Å². The lowest BCUT2D eigenvalue weighted by atomic mass is 10.1. The maximum Gasteiger partial charge on any atom is 0.127 e. The molecule has 1 N–H and O–H groups in total. The first-order chi connectivity index (χ1) is 7.70. The van der Waals surface area contributed by atoms with Gasteiger partial charge in [-0.2, -0.15) is 9.64 Å². The molecule has 0 bridgehead atoms. The summed E-state index contributed by atoms with van der Waals surface area (Å²) in [6.07, 6.45) is 3.97. The van der Waals surface area contributed by atoms with E-state index in [0.717, 1.165) is 34.6 Å². The van der Waals surface area contributed by atoms with Crippen molar-refractivity contribution in [3.05, 3.63) is 11.3 Å². The third kappa shape index (κ3) is 2.35. The SMILES string of the molecule is Cc1nsc(NCC2CCC(C)C2)c1C#N. The zero-order chi connectivity index (χ0) is 11.5. The van der Waals surface area contributed by atoms with Gasteiger partial charge in [-0.25, -0.2) is 0 Å². The van der Waals surface area contributed by atoms with Crippen LogP contribution in [-0.4, -0.2) is 10.9 Å². The van der Waals surface area contributed by atoms with Crippen molar-refractivity contribution < 1.29 is 0 Å². The lowest BCUT2D eigenvalue weighted by molar-refractivity contribution is 0.537. The highest BCUT2D eigenvalue weighted by molar-refractivity contribution is 7.10. The zero-order valence-electron chi connectivity index (χ0n) is 9.79. The third-order valence-electron chi connectivity index (χ3n) is 3.33. The third-order valence-corrected chi connectivity index (χ3v) is 4.23. The van der Waals surface area contributed by atoms with Gasteiger partial charge in [-0.05, 0) is 43.1 Å². The number of nitrogens with one attached hydrogen (secondary N) is 1. The molecule has 0 amide bonds. The molecule has 0 aromatic carbocycles. The minimum atomic E-state index is 0.719. The van der Waals surface area contributed by atoms with E-state index in [2.05, 4.69) is 22.7 Å². The number of aromatic nitrogens is 1. The van der Waals surface area contributed by atoms with Gasteiger partial charge >= 0.3 is 0 Å². The molecule has 1 aromatic rings. The van der Waals surface area contributed by atoms with Gasteiger partial charge in [-0.15, -0.1) is 0 Å². The number of nitrogens with zero attached hydrogens (tertiary/aromatic N) is 2. The Kier molecular flexibility index (Phi) is 3.45. The molecule has 2 rings (SSSR count). The van der Waals surface area contributed by atoms with E-state index in [4.69, 9.17) is 5.26 Å². The van der Waals surface area contributed by atoms with Gasteiger partial charge in [0.15, 0.2) is 0 Å². The minimum absolute atomic E-state index is 0.719.